The minimum absolute atomic E-state index is 0.788. The highest BCUT2D eigenvalue weighted by Gasteiger charge is 2.13. The van der Waals surface area contributed by atoms with E-state index in [1.807, 2.05) is 12.5 Å². The molecule has 0 radical (unpaired) electrons. The molecule has 5 heteroatoms. The number of hydrogen-bond donors (Lipinski definition) is 1. The molecule has 0 aromatic carbocycles. The van der Waals surface area contributed by atoms with Gasteiger partial charge in [0.1, 0.15) is 0 Å². The minimum atomic E-state index is 0.788. The fourth-order valence-corrected chi connectivity index (χ4v) is 4.60. The summed E-state index contributed by atoms with van der Waals surface area (Å²) >= 11 is 4.19. The average molecular weight is 271 g/mol. The Bertz CT molecular complexity index is 321. The second-order valence-corrected chi connectivity index (χ2v) is 6.84. The second kappa shape index (κ2) is 7.34. The Balaban J connectivity index is 1.71. The maximum atomic E-state index is 4.22. The predicted octanol–water partition coefficient (Wildman–Crippen LogP) is 2.23. The maximum Gasteiger partial charge on any atom is 0.0948 e. The Morgan fingerprint density at radius 2 is 2.47 bits per heavy atom. The van der Waals surface area contributed by atoms with Gasteiger partial charge in [-0.3, -0.25) is 0 Å². The predicted molar refractivity (Wildman–Crippen MR) is 77.8 cm³/mol. The standard InChI is InChI=1S/C12H21N3S2/c1-2-3-15-10-14-7-11(15)6-13-8-12-9-16-4-5-17-12/h7,10,12-13H,2-6,8-9H2,1H3. The van der Waals surface area contributed by atoms with Crippen LogP contribution in [-0.4, -0.2) is 38.6 Å². The molecule has 0 bridgehead atoms. The molecule has 1 N–H and O–H groups in total. The van der Waals surface area contributed by atoms with Gasteiger partial charge in [-0.25, -0.2) is 4.98 Å². The summed E-state index contributed by atoms with van der Waals surface area (Å²) < 4.78 is 2.25. The van der Waals surface area contributed by atoms with Crippen molar-refractivity contribution in [3.8, 4) is 0 Å². The molecule has 0 amide bonds. The molecule has 0 saturated carbocycles. The van der Waals surface area contributed by atoms with Crippen molar-refractivity contribution in [1.29, 1.82) is 0 Å². The summed E-state index contributed by atoms with van der Waals surface area (Å²) in [5.41, 5.74) is 1.31. The molecule has 2 rings (SSSR count). The maximum absolute atomic E-state index is 4.22. The first-order chi connectivity index (χ1) is 8.40. The minimum Gasteiger partial charge on any atom is -0.333 e. The van der Waals surface area contributed by atoms with Gasteiger partial charge in [0.25, 0.3) is 0 Å². The first kappa shape index (κ1) is 13.3. The summed E-state index contributed by atoms with van der Waals surface area (Å²) in [5.74, 6) is 3.93. The van der Waals surface area contributed by atoms with E-state index in [0.29, 0.717) is 0 Å². The van der Waals surface area contributed by atoms with E-state index in [2.05, 4.69) is 45.3 Å². The van der Waals surface area contributed by atoms with Gasteiger partial charge in [-0.2, -0.15) is 23.5 Å². The summed E-state index contributed by atoms with van der Waals surface area (Å²) in [7, 11) is 0. The molecule has 2 heterocycles. The molecule has 1 aliphatic rings. The first-order valence-electron chi connectivity index (χ1n) is 6.29. The lowest BCUT2D eigenvalue weighted by atomic mass is 10.4. The van der Waals surface area contributed by atoms with Crippen molar-refractivity contribution in [3.63, 3.8) is 0 Å². The number of aromatic nitrogens is 2. The SMILES string of the molecule is CCCn1cncc1CNCC1CSCCS1. The van der Waals surface area contributed by atoms with Crippen LogP contribution >= 0.6 is 23.5 Å². The van der Waals surface area contributed by atoms with Crippen molar-refractivity contribution >= 4 is 23.5 Å². The monoisotopic (exact) mass is 271 g/mol. The number of aryl methyl sites for hydroxylation is 1. The number of imidazole rings is 1. The highest BCUT2D eigenvalue weighted by molar-refractivity contribution is 8.06. The Hall–Kier alpha value is -0.130. The molecule has 1 aromatic heterocycles. The van der Waals surface area contributed by atoms with E-state index in [9.17, 15) is 0 Å². The van der Waals surface area contributed by atoms with Crippen molar-refractivity contribution in [1.82, 2.24) is 14.9 Å². The fourth-order valence-electron chi connectivity index (χ4n) is 1.95. The number of rotatable bonds is 6. The van der Waals surface area contributed by atoms with E-state index in [4.69, 9.17) is 0 Å². The topological polar surface area (TPSA) is 29.9 Å². The summed E-state index contributed by atoms with van der Waals surface area (Å²) in [6.45, 7) is 5.34. The Kier molecular flexibility index (Phi) is 5.74. The van der Waals surface area contributed by atoms with Crippen molar-refractivity contribution < 1.29 is 0 Å². The smallest absolute Gasteiger partial charge is 0.0948 e. The van der Waals surface area contributed by atoms with Gasteiger partial charge in [0, 0.05) is 48.3 Å². The molecule has 0 spiro atoms. The van der Waals surface area contributed by atoms with E-state index in [1.54, 1.807) is 0 Å². The van der Waals surface area contributed by atoms with Gasteiger partial charge in [-0.1, -0.05) is 6.92 Å². The summed E-state index contributed by atoms with van der Waals surface area (Å²) in [4.78, 5) is 4.22. The van der Waals surface area contributed by atoms with E-state index in [0.717, 1.165) is 24.9 Å². The summed E-state index contributed by atoms with van der Waals surface area (Å²) in [6, 6.07) is 0. The van der Waals surface area contributed by atoms with Crippen LogP contribution in [0.4, 0.5) is 0 Å². The zero-order chi connectivity index (χ0) is 11.9. The molecule has 1 unspecified atom stereocenters. The molecule has 96 valence electrons. The highest BCUT2D eigenvalue weighted by atomic mass is 32.2. The fraction of sp³-hybridized carbons (Fsp3) is 0.750. The van der Waals surface area contributed by atoms with E-state index >= 15 is 0 Å². The van der Waals surface area contributed by atoms with Crippen LogP contribution in [0.2, 0.25) is 0 Å². The molecule has 1 aromatic rings. The average Bonchev–Trinajstić information content (AvgIpc) is 2.79. The Morgan fingerprint density at radius 3 is 3.24 bits per heavy atom. The largest absolute Gasteiger partial charge is 0.333 e. The van der Waals surface area contributed by atoms with Crippen LogP contribution in [0.3, 0.4) is 0 Å². The number of nitrogens with one attached hydrogen (secondary N) is 1. The summed E-state index contributed by atoms with van der Waals surface area (Å²) in [6.07, 6.45) is 5.08. The number of hydrogen-bond acceptors (Lipinski definition) is 4. The quantitative estimate of drug-likeness (QED) is 0.859. The van der Waals surface area contributed by atoms with Gasteiger partial charge in [-0.05, 0) is 6.42 Å². The van der Waals surface area contributed by atoms with Gasteiger partial charge in [0.2, 0.25) is 0 Å². The molecular weight excluding hydrogens is 250 g/mol. The molecule has 17 heavy (non-hydrogen) atoms. The number of nitrogens with zero attached hydrogens (tertiary/aromatic N) is 2. The van der Waals surface area contributed by atoms with Crippen molar-refractivity contribution in [2.45, 2.75) is 31.7 Å². The van der Waals surface area contributed by atoms with Crippen LogP contribution in [0, 0.1) is 0 Å². The van der Waals surface area contributed by atoms with Crippen LogP contribution in [0.15, 0.2) is 12.5 Å². The zero-order valence-corrected chi connectivity index (χ0v) is 12.0. The Labute approximate surface area is 112 Å². The van der Waals surface area contributed by atoms with Crippen molar-refractivity contribution in [2.24, 2.45) is 0 Å². The molecule has 1 fully saturated rings. The van der Waals surface area contributed by atoms with Crippen molar-refractivity contribution in [2.75, 3.05) is 23.8 Å². The third-order valence-corrected chi connectivity index (χ3v) is 5.67. The van der Waals surface area contributed by atoms with Gasteiger partial charge in [-0.15, -0.1) is 0 Å². The molecular formula is C12H21N3S2. The van der Waals surface area contributed by atoms with E-state index < -0.39 is 0 Å². The Morgan fingerprint density at radius 1 is 1.53 bits per heavy atom. The highest BCUT2D eigenvalue weighted by Crippen LogP contribution is 2.23. The van der Waals surface area contributed by atoms with Crippen molar-refractivity contribution in [3.05, 3.63) is 18.2 Å². The normalized spacial score (nSPS) is 20.6. The molecule has 1 aliphatic heterocycles. The molecule has 1 saturated heterocycles. The lowest BCUT2D eigenvalue weighted by molar-refractivity contribution is 0.601. The van der Waals surface area contributed by atoms with Gasteiger partial charge < -0.3 is 9.88 Å². The van der Waals surface area contributed by atoms with Crippen LogP contribution in [-0.2, 0) is 13.1 Å². The third kappa shape index (κ3) is 4.23. The van der Waals surface area contributed by atoms with Gasteiger partial charge in [0.15, 0.2) is 0 Å². The molecule has 1 atom stereocenters. The lowest BCUT2D eigenvalue weighted by Crippen LogP contribution is -2.29. The van der Waals surface area contributed by atoms with E-state index in [1.165, 1.54) is 29.4 Å². The first-order valence-corrected chi connectivity index (χ1v) is 8.49. The lowest BCUT2D eigenvalue weighted by Gasteiger charge is -2.21. The van der Waals surface area contributed by atoms with Crippen LogP contribution in [0.1, 0.15) is 19.0 Å². The van der Waals surface area contributed by atoms with Crippen LogP contribution < -0.4 is 5.32 Å². The van der Waals surface area contributed by atoms with Crippen LogP contribution in [0.5, 0.6) is 0 Å². The third-order valence-electron chi connectivity index (χ3n) is 2.83. The molecule has 0 aliphatic carbocycles. The van der Waals surface area contributed by atoms with Gasteiger partial charge in [0.05, 0.1) is 12.0 Å². The van der Waals surface area contributed by atoms with E-state index in [-0.39, 0.29) is 0 Å². The second-order valence-electron chi connectivity index (χ2n) is 4.28. The zero-order valence-electron chi connectivity index (χ0n) is 10.4. The number of thioether (sulfide) groups is 2. The molecule has 3 nitrogen and oxygen atoms in total. The van der Waals surface area contributed by atoms with Gasteiger partial charge >= 0.3 is 0 Å². The summed E-state index contributed by atoms with van der Waals surface area (Å²) in [5, 5.41) is 4.35. The van der Waals surface area contributed by atoms with Crippen LogP contribution in [0.25, 0.3) is 0 Å².